The number of rotatable bonds is 5. The van der Waals surface area contributed by atoms with Crippen molar-refractivity contribution in [3.8, 4) is 0 Å². The van der Waals surface area contributed by atoms with E-state index in [4.69, 9.17) is 0 Å². The Hall–Kier alpha value is -1.13. The van der Waals surface area contributed by atoms with Crippen LogP contribution in [0.3, 0.4) is 0 Å². The number of aryl methyl sites for hydroxylation is 1. The van der Waals surface area contributed by atoms with Crippen LogP contribution in [-0.4, -0.2) is 5.91 Å². The van der Waals surface area contributed by atoms with Crippen molar-refractivity contribution in [3.63, 3.8) is 0 Å². The van der Waals surface area contributed by atoms with Gasteiger partial charge < -0.3 is 5.32 Å². The molecule has 0 radical (unpaired) electrons. The molecule has 0 bridgehead atoms. The predicted molar refractivity (Wildman–Crippen MR) is 68.8 cm³/mol. The lowest BCUT2D eigenvalue weighted by Crippen LogP contribution is -2.22. The molecule has 16 heavy (non-hydrogen) atoms. The van der Waals surface area contributed by atoms with Crippen LogP contribution in [0.2, 0.25) is 0 Å². The third-order valence-electron chi connectivity index (χ3n) is 2.26. The monoisotopic (exact) mass is 251 g/mol. The SMILES string of the molecule is O=C(CCc1ccsc1)NCc1cccs1. The Balaban J connectivity index is 1.69. The van der Waals surface area contributed by atoms with E-state index >= 15 is 0 Å². The fourth-order valence-corrected chi connectivity index (χ4v) is 2.73. The van der Waals surface area contributed by atoms with Crippen molar-refractivity contribution in [2.24, 2.45) is 0 Å². The van der Waals surface area contributed by atoms with Gasteiger partial charge in [-0.15, -0.1) is 11.3 Å². The molecule has 0 unspecified atom stereocenters. The number of carbonyl (C=O) groups excluding carboxylic acids is 1. The van der Waals surface area contributed by atoms with Gasteiger partial charge in [0.05, 0.1) is 6.54 Å². The van der Waals surface area contributed by atoms with Gasteiger partial charge in [0.1, 0.15) is 0 Å². The standard InChI is InChI=1S/C12H13NOS2/c14-12(4-3-10-5-7-15-9-10)13-8-11-2-1-6-16-11/h1-2,5-7,9H,3-4,8H2,(H,13,14). The summed E-state index contributed by atoms with van der Waals surface area (Å²) >= 11 is 3.34. The summed E-state index contributed by atoms with van der Waals surface area (Å²) in [6.07, 6.45) is 1.40. The first-order valence-corrected chi connectivity index (χ1v) is 6.97. The smallest absolute Gasteiger partial charge is 0.220 e. The Morgan fingerprint density at radius 3 is 2.94 bits per heavy atom. The van der Waals surface area contributed by atoms with E-state index in [9.17, 15) is 4.79 Å². The Kier molecular flexibility index (Phi) is 4.13. The highest BCUT2D eigenvalue weighted by atomic mass is 32.1. The molecule has 0 aliphatic carbocycles. The zero-order valence-electron chi connectivity index (χ0n) is 8.81. The highest BCUT2D eigenvalue weighted by molar-refractivity contribution is 7.09. The first kappa shape index (κ1) is 11.4. The predicted octanol–water partition coefficient (Wildman–Crippen LogP) is 3.06. The van der Waals surface area contributed by atoms with Gasteiger partial charge in [-0.2, -0.15) is 11.3 Å². The molecule has 0 saturated heterocycles. The molecule has 0 aliphatic heterocycles. The minimum absolute atomic E-state index is 0.125. The lowest BCUT2D eigenvalue weighted by atomic mass is 10.2. The Morgan fingerprint density at radius 2 is 2.25 bits per heavy atom. The van der Waals surface area contributed by atoms with Crippen LogP contribution in [0.15, 0.2) is 34.3 Å². The van der Waals surface area contributed by atoms with Crippen molar-refractivity contribution in [1.29, 1.82) is 0 Å². The molecule has 0 fully saturated rings. The van der Waals surface area contributed by atoms with Gasteiger partial charge in [-0.05, 0) is 40.3 Å². The minimum atomic E-state index is 0.125. The van der Waals surface area contributed by atoms with Gasteiger partial charge in [0.25, 0.3) is 0 Å². The highest BCUT2D eigenvalue weighted by Gasteiger charge is 2.02. The number of carbonyl (C=O) groups is 1. The zero-order valence-corrected chi connectivity index (χ0v) is 10.4. The molecule has 2 aromatic heterocycles. The molecule has 0 saturated carbocycles. The molecule has 2 rings (SSSR count). The van der Waals surface area contributed by atoms with Crippen LogP contribution in [-0.2, 0) is 17.8 Å². The average Bonchev–Trinajstić information content (AvgIpc) is 2.96. The molecule has 2 nitrogen and oxygen atoms in total. The maximum Gasteiger partial charge on any atom is 0.220 e. The van der Waals surface area contributed by atoms with Gasteiger partial charge in [0.2, 0.25) is 5.91 Å². The van der Waals surface area contributed by atoms with E-state index < -0.39 is 0 Å². The maximum atomic E-state index is 11.5. The van der Waals surface area contributed by atoms with Crippen molar-refractivity contribution in [2.45, 2.75) is 19.4 Å². The lowest BCUT2D eigenvalue weighted by molar-refractivity contribution is -0.121. The summed E-state index contributed by atoms with van der Waals surface area (Å²) in [4.78, 5) is 12.7. The second kappa shape index (κ2) is 5.82. The van der Waals surface area contributed by atoms with E-state index in [0.717, 1.165) is 6.42 Å². The third kappa shape index (κ3) is 3.47. The molecule has 0 atom stereocenters. The summed E-state index contributed by atoms with van der Waals surface area (Å²) in [6, 6.07) is 6.10. The van der Waals surface area contributed by atoms with Crippen LogP contribution >= 0.6 is 22.7 Å². The summed E-state index contributed by atoms with van der Waals surface area (Å²) in [5.74, 6) is 0.125. The molecule has 0 aromatic carbocycles. The van der Waals surface area contributed by atoms with Gasteiger partial charge in [-0.3, -0.25) is 4.79 Å². The average molecular weight is 251 g/mol. The number of hydrogen-bond acceptors (Lipinski definition) is 3. The first-order chi connectivity index (χ1) is 7.84. The summed E-state index contributed by atoms with van der Waals surface area (Å²) in [6.45, 7) is 0.653. The molecule has 4 heteroatoms. The van der Waals surface area contributed by atoms with E-state index in [1.165, 1.54) is 10.4 Å². The molecule has 0 aliphatic rings. The molecular weight excluding hydrogens is 238 g/mol. The molecule has 84 valence electrons. The Labute approximate surface area is 103 Å². The second-order valence-corrected chi connectivity index (χ2v) is 5.30. The fraction of sp³-hybridized carbons (Fsp3) is 0.250. The summed E-state index contributed by atoms with van der Waals surface area (Å²) in [5, 5.41) is 9.07. The summed E-state index contributed by atoms with van der Waals surface area (Å²) in [5.41, 5.74) is 1.25. The molecular formula is C12H13NOS2. The lowest BCUT2D eigenvalue weighted by Gasteiger charge is -2.02. The van der Waals surface area contributed by atoms with Gasteiger partial charge in [0, 0.05) is 11.3 Å². The van der Waals surface area contributed by atoms with Crippen molar-refractivity contribution in [3.05, 3.63) is 44.8 Å². The topological polar surface area (TPSA) is 29.1 Å². The number of thiophene rings is 2. The van der Waals surface area contributed by atoms with Gasteiger partial charge in [-0.25, -0.2) is 0 Å². The van der Waals surface area contributed by atoms with Crippen LogP contribution in [0.4, 0.5) is 0 Å². The highest BCUT2D eigenvalue weighted by Crippen LogP contribution is 2.09. The largest absolute Gasteiger partial charge is 0.351 e. The van der Waals surface area contributed by atoms with E-state index in [2.05, 4.69) is 16.8 Å². The quantitative estimate of drug-likeness (QED) is 0.869. The number of amides is 1. The van der Waals surface area contributed by atoms with Crippen LogP contribution < -0.4 is 5.32 Å². The minimum Gasteiger partial charge on any atom is -0.351 e. The summed E-state index contributed by atoms with van der Waals surface area (Å²) < 4.78 is 0. The van der Waals surface area contributed by atoms with E-state index in [1.807, 2.05) is 22.9 Å². The van der Waals surface area contributed by atoms with Gasteiger partial charge in [-0.1, -0.05) is 6.07 Å². The number of hydrogen-bond donors (Lipinski definition) is 1. The van der Waals surface area contributed by atoms with Crippen LogP contribution in [0.1, 0.15) is 16.9 Å². The molecule has 0 spiro atoms. The maximum absolute atomic E-state index is 11.5. The summed E-state index contributed by atoms with van der Waals surface area (Å²) in [7, 11) is 0. The van der Waals surface area contributed by atoms with E-state index in [-0.39, 0.29) is 5.91 Å². The van der Waals surface area contributed by atoms with Crippen LogP contribution in [0, 0.1) is 0 Å². The van der Waals surface area contributed by atoms with E-state index in [0.29, 0.717) is 13.0 Å². The molecule has 2 heterocycles. The van der Waals surface area contributed by atoms with Crippen molar-refractivity contribution in [2.75, 3.05) is 0 Å². The van der Waals surface area contributed by atoms with Crippen LogP contribution in [0.25, 0.3) is 0 Å². The first-order valence-electron chi connectivity index (χ1n) is 5.15. The molecule has 1 N–H and O–H groups in total. The third-order valence-corrected chi connectivity index (χ3v) is 3.87. The molecule has 1 amide bonds. The van der Waals surface area contributed by atoms with E-state index in [1.54, 1.807) is 22.7 Å². The Bertz CT molecular complexity index is 380. The second-order valence-electron chi connectivity index (χ2n) is 3.49. The van der Waals surface area contributed by atoms with Crippen molar-refractivity contribution >= 4 is 28.6 Å². The van der Waals surface area contributed by atoms with Gasteiger partial charge in [0.15, 0.2) is 0 Å². The molecule has 2 aromatic rings. The normalized spacial score (nSPS) is 10.2. The fourth-order valence-electron chi connectivity index (χ4n) is 1.38. The van der Waals surface area contributed by atoms with Crippen LogP contribution in [0.5, 0.6) is 0 Å². The van der Waals surface area contributed by atoms with Gasteiger partial charge >= 0.3 is 0 Å². The Morgan fingerprint density at radius 1 is 1.31 bits per heavy atom. The zero-order chi connectivity index (χ0) is 11.2. The number of nitrogens with one attached hydrogen (secondary N) is 1. The van der Waals surface area contributed by atoms with Crippen molar-refractivity contribution in [1.82, 2.24) is 5.32 Å². The van der Waals surface area contributed by atoms with Crippen molar-refractivity contribution < 1.29 is 4.79 Å².